The first-order valence-corrected chi connectivity index (χ1v) is 15.3. The standard InChI is InChI=1S/2C19H17N5/c2*1-14(15-7-3-2-4-8-15)23-19(22-13-20)24-18-11-5-10-17-16(18)9-6-12-21-17/h2*2-12,14H,1H3,(H2,22,23,24)/t2*14-/m00/s1. The fourth-order valence-corrected chi connectivity index (χ4v) is 4.98. The van der Waals surface area contributed by atoms with Crippen LogP contribution in [0.4, 0.5) is 11.4 Å². The predicted molar refractivity (Wildman–Crippen MR) is 193 cm³/mol. The molecule has 0 aliphatic heterocycles. The van der Waals surface area contributed by atoms with Gasteiger partial charge in [-0.25, -0.2) is 9.98 Å². The molecule has 0 radical (unpaired) electrons. The minimum absolute atomic E-state index is 0.0809. The number of aliphatic imine (C=N–C) groups is 2. The lowest BCUT2D eigenvalue weighted by atomic mass is 10.1. The first-order valence-electron chi connectivity index (χ1n) is 15.3. The van der Waals surface area contributed by atoms with Crippen LogP contribution in [0.25, 0.3) is 21.8 Å². The quantitative estimate of drug-likeness (QED) is 0.0635. The number of nitrogens with zero attached hydrogens (tertiary/aromatic N) is 6. The maximum Gasteiger partial charge on any atom is 0.209 e. The van der Waals surface area contributed by atoms with Gasteiger partial charge in [-0.1, -0.05) is 72.8 Å². The van der Waals surface area contributed by atoms with Crippen LogP contribution in [0.2, 0.25) is 0 Å². The molecular weight excluding hydrogens is 596 g/mol. The number of rotatable bonds is 6. The Hall–Kier alpha value is -6.78. The normalized spacial score (nSPS) is 12.4. The monoisotopic (exact) mass is 630 g/mol. The molecule has 6 aromatic rings. The van der Waals surface area contributed by atoms with Crippen molar-refractivity contribution in [2.45, 2.75) is 25.9 Å². The van der Waals surface area contributed by atoms with Crippen LogP contribution in [0, 0.1) is 22.9 Å². The highest BCUT2D eigenvalue weighted by atomic mass is 15.2. The molecule has 236 valence electrons. The van der Waals surface area contributed by atoms with E-state index >= 15 is 0 Å². The minimum Gasteiger partial charge on any atom is -0.325 e. The van der Waals surface area contributed by atoms with Crippen LogP contribution < -0.4 is 21.3 Å². The zero-order valence-corrected chi connectivity index (χ0v) is 26.5. The molecule has 0 saturated carbocycles. The second-order valence-corrected chi connectivity index (χ2v) is 10.6. The van der Waals surface area contributed by atoms with Crippen molar-refractivity contribution in [2.24, 2.45) is 9.98 Å². The molecule has 10 heteroatoms. The van der Waals surface area contributed by atoms with E-state index in [0.717, 1.165) is 44.3 Å². The van der Waals surface area contributed by atoms with Crippen LogP contribution in [0.15, 0.2) is 144 Å². The first kappa shape index (κ1) is 32.6. The zero-order valence-electron chi connectivity index (χ0n) is 26.5. The topological polar surface area (TPSA) is 146 Å². The van der Waals surface area contributed by atoms with Gasteiger partial charge in [-0.15, -0.1) is 0 Å². The van der Waals surface area contributed by atoms with E-state index < -0.39 is 0 Å². The number of hydrogen-bond acceptors (Lipinski definition) is 6. The molecule has 0 amide bonds. The Labute approximate surface area is 279 Å². The summed E-state index contributed by atoms with van der Waals surface area (Å²) in [4.78, 5) is 17.9. The third-order valence-electron chi connectivity index (χ3n) is 7.36. The molecule has 0 aliphatic rings. The highest BCUT2D eigenvalue weighted by molar-refractivity contribution is 6.03. The van der Waals surface area contributed by atoms with Gasteiger partial charge in [0.05, 0.1) is 34.5 Å². The van der Waals surface area contributed by atoms with Crippen molar-refractivity contribution in [1.29, 1.82) is 10.5 Å². The number of fused-ring (bicyclic) bond motifs is 2. The molecule has 4 aromatic carbocycles. The predicted octanol–water partition coefficient (Wildman–Crippen LogP) is 7.67. The highest BCUT2D eigenvalue weighted by Gasteiger charge is 2.10. The molecule has 4 N–H and O–H groups in total. The van der Waals surface area contributed by atoms with Crippen molar-refractivity contribution in [3.63, 3.8) is 0 Å². The average molecular weight is 631 g/mol. The van der Waals surface area contributed by atoms with E-state index in [-0.39, 0.29) is 12.1 Å². The van der Waals surface area contributed by atoms with E-state index in [2.05, 4.69) is 41.2 Å². The Morgan fingerprint density at radius 2 is 0.958 bits per heavy atom. The number of nitrogens with one attached hydrogen (secondary N) is 4. The summed E-state index contributed by atoms with van der Waals surface area (Å²) in [6.45, 7) is 3.97. The molecule has 10 nitrogen and oxygen atoms in total. The van der Waals surface area contributed by atoms with Crippen LogP contribution in [-0.4, -0.2) is 21.9 Å². The molecule has 6 rings (SSSR count). The van der Waals surface area contributed by atoms with Gasteiger partial charge in [0.1, 0.15) is 0 Å². The second kappa shape index (κ2) is 16.5. The van der Waals surface area contributed by atoms with Gasteiger partial charge in [-0.3, -0.25) is 20.6 Å². The minimum atomic E-state index is -0.0809. The molecule has 0 aliphatic carbocycles. The summed E-state index contributed by atoms with van der Waals surface area (Å²) in [6.07, 6.45) is 7.38. The van der Waals surface area contributed by atoms with Gasteiger partial charge in [-0.05, 0) is 73.5 Å². The largest absolute Gasteiger partial charge is 0.325 e. The SMILES string of the molecule is C[C@H](N=C(NC#N)Nc1cccc2ncccc12)c1ccccc1.C[C@H](N=C(NC#N)Nc1cccc2ncccc12)c1ccccc1. The number of aromatic nitrogens is 2. The fraction of sp³-hybridized carbons (Fsp3) is 0.105. The number of anilines is 2. The molecule has 2 aromatic heterocycles. The fourth-order valence-electron chi connectivity index (χ4n) is 4.98. The van der Waals surface area contributed by atoms with Gasteiger partial charge in [-0.2, -0.15) is 10.5 Å². The van der Waals surface area contributed by atoms with E-state index in [1.807, 2.05) is 148 Å². The number of guanidine groups is 2. The Bertz CT molecular complexity index is 1930. The number of hydrogen-bond donors (Lipinski definition) is 4. The molecule has 0 saturated heterocycles. The van der Waals surface area contributed by atoms with E-state index in [1.165, 1.54) is 0 Å². The maximum absolute atomic E-state index is 9.02. The summed E-state index contributed by atoms with van der Waals surface area (Å²) in [5, 5.41) is 31.6. The van der Waals surface area contributed by atoms with Gasteiger partial charge >= 0.3 is 0 Å². The van der Waals surface area contributed by atoms with E-state index in [1.54, 1.807) is 12.4 Å². The third kappa shape index (κ3) is 8.68. The van der Waals surface area contributed by atoms with Crippen LogP contribution in [0.1, 0.15) is 37.1 Å². The van der Waals surface area contributed by atoms with E-state index in [0.29, 0.717) is 11.9 Å². The molecule has 48 heavy (non-hydrogen) atoms. The average Bonchev–Trinajstić information content (AvgIpc) is 3.13. The second-order valence-electron chi connectivity index (χ2n) is 10.6. The van der Waals surface area contributed by atoms with E-state index in [9.17, 15) is 0 Å². The first-order chi connectivity index (χ1) is 23.6. The summed E-state index contributed by atoms with van der Waals surface area (Å²) in [7, 11) is 0. The van der Waals surface area contributed by atoms with Gasteiger partial charge in [0.25, 0.3) is 0 Å². The lowest BCUT2D eigenvalue weighted by molar-refractivity contribution is 0.813. The van der Waals surface area contributed by atoms with Gasteiger partial charge < -0.3 is 10.6 Å². The Morgan fingerprint density at radius 3 is 1.35 bits per heavy atom. The molecular formula is C38H34N10. The maximum atomic E-state index is 9.02. The summed E-state index contributed by atoms with van der Waals surface area (Å²) in [5.41, 5.74) is 5.63. The Morgan fingerprint density at radius 1 is 0.542 bits per heavy atom. The highest BCUT2D eigenvalue weighted by Crippen LogP contribution is 2.23. The van der Waals surface area contributed by atoms with Crippen LogP contribution in [0.5, 0.6) is 0 Å². The van der Waals surface area contributed by atoms with Gasteiger partial charge in [0.15, 0.2) is 12.4 Å². The van der Waals surface area contributed by atoms with Crippen molar-refractivity contribution >= 4 is 45.1 Å². The third-order valence-corrected chi connectivity index (χ3v) is 7.36. The lowest BCUT2D eigenvalue weighted by Crippen LogP contribution is -2.27. The van der Waals surface area contributed by atoms with Crippen LogP contribution in [-0.2, 0) is 0 Å². The molecule has 2 atom stereocenters. The smallest absolute Gasteiger partial charge is 0.209 e. The van der Waals surface area contributed by atoms with Gasteiger partial charge in [0.2, 0.25) is 11.9 Å². The zero-order chi connectivity index (χ0) is 33.6. The van der Waals surface area contributed by atoms with E-state index in [4.69, 9.17) is 10.5 Å². The van der Waals surface area contributed by atoms with Crippen molar-refractivity contribution < 1.29 is 0 Å². The molecule has 0 unspecified atom stereocenters. The van der Waals surface area contributed by atoms with Gasteiger partial charge in [0, 0.05) is 23.2 Å². The summed E-state index contributed by atoms with van der Waals surface area (Å²) in [6, 6.07) is 39.1. The van der Waals surface area contributed by atoms with Crippen molar-refractivity contribution in [3.8, 4) is 12.4 Å². The molecule has 0 bridgehead atoms. The Balaban J connectivity index is 0.000000188. The summed E-state index contributed by atoms with van der Waals surface area (Å²) in [5.74, 6) is 0.815. The summed E-state index contributed by atoms with van der Waals surface area (Å²) >= 11 is 0. The van der Waals surface area contributed by atoms with Crippen LogP contribution >= 0.6 is 0 Å². The van der Waals surface area contributed by atoms with Crippen molar-refractivity contribution in [1.82, 2.24) is 20.6 Å². The van der Waals surface area contributed by atoms with Crippen molar-refractivity contribution in [3.05, 3.63) is 145 Å². The van der Waals surface area contributed by atoms with Crippen molar-refractivity contribution in [2.75, 3.05) is 10.6 Å². The number of benzene rings is 4. The van der Waals surface area contributed by atoms with Crippen LogP contribution in [0.3, 0.4) is 0 Å². The lowest BCUT2D eigenvalue weighted by Gasteiger charge is -2.13. The molecule has 2 heterocycles. The number of pyridine rings is 2. The molecule has 0 fully saturated rings. The number of nitriles is 2. The molecule has 0 spiro atoms. The Kier molecular flexibility index (Phi) is 11.2. The summed E-state index contributed by atoms with van der Waals surface area (Å²) < 4.78 is 0.